The smallest absolute Gasteiger partial charge is 0.265 e. The summed E-state index contributed by atoms with van der Waals surface area (Å²) < 4.78 is 33.5. The molecule has 0 saturated carbocycles. The van der Waals surface area contributed by atoms with Crippen LogP contribution < -0.4 is 9.46 Å². The molecule has 1 heterocycles. The number of sulfonamides is 1. The van der Waals surface area contributed by atoms with E-state index < -0.39 is 10.0 Å². The number of hydrogen-bond donors (Lipinski definition) is 1. The minimum absolute atomic E-state index is 0.00511. The molecular formula is C18H15N3O3S2. The largest absolute Gasteiger partial charge is 0.495 e. The minimum Gasteiger partial charge on any atom is -0.495 e. The molecule has 0 aliphatic rings. The van der Waals surface area contributed by atoms with Gasteiger partial charge in [0.1, 0.15) is 10.6 Å². The van der Waals surface area contributed by atoms with E-state index in [9.17, 15) is 8.42 Å². The maximum absolute atomic E-state index is 12.9. The van der Waals surface area contributed by atoms with Gasteiger partial charge in [0.05, 0.1) is 35.1 Å². The van der Waals surface area contributed by atoms with Crippen LogP contribution in [0.3, 0.4) is 0 Å². The number of nitriles is 1. The molecule has 0 fully saturated rings. The fourth-order valence-electron chi connectivity index (χ4n) is 2.40. The highest BCUT2D eigenvalue weighted by Crippen LogP contribution is 2.31. The summed E-state index contributed by atoms with van der Waals surface area (Å²) in [6.45, 7) is 1.89. The van der Waals surface area contributed by atoms with Crippen LogP contribution in [0.2, 0.25) is 0 Å². The summed E-state index contributed by atoms with van der Waals surface area (Å²) in [7, 11) is -2.50. The molecule has 26 heavy (non-hydrogen) atoms. The van der Waals surface area contributed by atoms with Gasteiger partial charge in [0.25, 0.3) is 10.0 Å². The second kappa shape index (κ2) is 7.15. The van der Waals surface area contributed by atoms with Crippen LogP contribution in [-0.2, 0) is 10.0 Å². The Balaban J connectivity index is 2.03. The van der Waals surface area contributed by atoms with Gasteiger partial charge in [-0.15, -0.1) is 11.3 Å². The van der Waals surface area contributed by atoms with Gasteiger partial charge in [0, 0.05) is 10.9 Å². The molecule has 0 aliphatic heterocycles. The highest BCUT2D eigenvalue weighted by atomic mass is 32.2. The molecule has 8 heteroatoms. The first-order valence-electron chi connectivity index (χ1n) is 7.56. The lowest BCUT2D eigenvalue weighted by atomic mass is 10.2. The van der Waals surface area contributed by atoms with E-state index in [4.69, 9.17) is 10.00 Å². The van der Waals surface area contributed by atoms with E-state index in [1.54, 1.807) is 30.3 Å². The number of rotatable bonds is 5. The van der Waals surface area contributed by atoms with Crippen molar-refractivity contribution < 1.29 is 13.2 Å². The summed E-state index contributed by atoms with van der Waals surface area (Å²) in [4.78, 5) is 4.40. The number of ether oxygens (including phenoxy) is 1. The molecule has 0 atom stereocenters. The summed E-state index contributed by atoms with van der Waals surface area (Å²) in [5.41, 5.74) is 2.06. The lowest BCUT2D eigenvalue weighted by Gasteiger charge is -2.13. The van der Waals surface area contributed by atoms with Crippen LogP contribution in [0.25, 0.3) is 11.3 Å². The Labute approximate surface area is 155 Å². The second-order valence-electron chi connectivity index (χ2n) is 5.42. The van der Waals surface area contributed by atoms with Crippen molar-refractivity contribution in [3.05, 3.63) is 58.4 Å². The zero-order valence-corrected chi connectivity index (χ0v) is 15.7. The lowest BCUT2D eigenvalue weighted by molar-refractivity contribution is 0.403. The molecule has 0 bridgehead atoms. The number of hydrogen-bond acceptors (Lipinski definition) is 6. The van der Waals surface area contributed by atoms with Gasteiger partial charge in [-0.25, -0.2) is 13.4 Å². The van der Waals surface area contributed by atoms with E-state index in [-0.39, 0.29) is 10.6 Å². The van der Waals surface area contributed by atoms with Crippen molar-refractivity contribution in [1.82, 2.24) is 4.98 Å². The van der Waals surface area contributed by atoms with Crippen molar-refractivity contribution in [2.75, 3.05) is 11.8 Å². The van der Waals surface area contributed by atoms with Crippen LogP contribution in [0, 0.1) is 18.3 Å². The van der Waals surface area contributed by atoms with Gasteiger partial charge in [-0.1, -0.05) is 6.07 Å². The van der Waals surface area contributed by atoms with E-state index in [0.29, 0.717) is 22.5 Å². The molecule has 0 amide bonds. The molecular weight excluding hydrogens is 370 g/mol. The first kappa shape index (κ1) is 17.9. The van der Waals surface area contributed by atoms with Crippen molar-refractivity contribution >= 4 is 27.0 Å². The Bertz CT molecular complexity index is 1100. The van der Waals surface area contributed by atoms with Crippen molar-refractivity contribution in [1.29, 1.82) is 5.26 Å². The molecule has 6 nitrogen and oxygen atoms in total. The van der Waals surface area contributed by atoms with Crippen molar-refractivity contribution in [3.8, 4) is 23.1 Å². The lowest BCUT2D eigenvalue weighted by Crippen LogP contribution is -2.14. The molecule has 0 saturated heterocycles. The molecule has 0 radical (unpaired) electrons. The Morgan fingerprint density at radius 1 is 1.23 bits per heavy atom. The average Bonchev–Trinajstić information content (AvgIpc) is 3.07. The highest BCUT2D eigenvalue weighted by molar-refractivity contribution is 7.92. The maximum atomic E-state index is 12.9. The number of anilines is 1. The van der Waals surface area contributed by atoms with E-state index in [1.165, 1.54) is 30.6 Å². The number of benzene rings is 2. The molecule has 3 aromatic rings. The predicted octanol–water partition coefficient (Wildman–Crippen LogP) is 3.80. The third-order valence-electron chi connectivity index (χ3n) is 3.61. The van der Waals surface area contributed by atoms with Crippen LogP contribution in [0.15, 0.2) is 52.7 Å². The maximum Gasteiger partial charge on any atom is 0.265 e. The standard InChI is InChI=1S/C18H15N3O3S2/c1-12-20-16(11-25-12)14-6-7-17(24-2)18(9-14)26(22,23)21-15-5-3-4-13(8-15)10-19/h3-9,11,21H,1-2H3. The number of aromatic nitrogens is 1. The summed E-state index contributed by atoms with van der Waals surface area (Å²) in [5, 5.41) is 11.7. The SMILES string of the molecule is COc1ccc(-c2csc(C)n2)cc1S(=O)(=O)Nc1cccc(C#N)c1. The number of thiazole rings is 1. The Kier molecular flexibility index (Phi) is 4.93. The van der Waals surface area contributed by atoms with Gasteiger partial charge in [0.15, 0.2) is 0 Å². The van der Waals surface area contributed by atoms with Crippen molar-refractivity contribution in [2.45, 2.75) is 11.8 Å². The first-order valence-corrected chi connectivity index (χ1v) is 9.93. The van der Waals surface area contributed by atoms with Crippen LogP contribution in [0.4, 0.5) is 5.69 Å². The zero-order valence-electron chi connectivity index (χ0n) is 14.1. The highest BCUT2D eigenvalue weighted by Gasteiger charge is 2.21. The minimum atomic E-state index is -3.91. The fourth-order valence-corrected chi connectivity index (χ4v) is 4.27. The van der Waals surface area contributed by atoms with Crippen LogP contribution in [-0.4, -0.2) is 20.5 Å². The predicted molar refractivity (Wildman–Crippen MR) is 101 cm³/mol. The van der Waals surface area contributed by atoms with Crippen molar-refractivity contribution in [2.24, 2.45) is 0 Å². The van der Waals surface area contributed by atoms with Gasteiger partial charge < -0.3 is 4.74 Å². The topological polar surface area (TPSA) is 92.1 Å². The normalized spacial score (nSPS) is 11.0. The quantitative estimate of drug-likeness (QED) is 0.721. The molecule has 0 aliphatic carbocycles. The number of nitrogens with one attached hydrogen (secondary N) is 1. The summed E-state index contributed by atoms with van der Waals surface area (Å²) >= 11 is 1.49. The summed E-state index contributed by atoms with van der Waals surface area (Å²) in [6, 6.07) is 13.1. The van der Waals surface area contributed by atoms with E-state index >= 15 is 0 Å². The first-order chi connectivity index (χ1) is 12.4. The summed E-state index contributed by atoms with van der Waals surface area (Å²) in [5.74, 6) is 0.227. The average molecular weight is 385 g/mol. The van der Waals surface area contributed by atoms with Gasteiger partial charge in [-0.05, 0) is 43.3 Å². The number of aryl methyl sites for hydroxylation is 1. The van der Waals surface area contributed by atoms with E-state index in [0.717, 1.165) is 5.01 Å². The zero-order chi connectivity index (χ0) is 18.7. The Morgan fingerprint density at radius 2 is 2.04 bits per heavy atom. The summed E-state index contributed by atoms with van der Waals surface area (Å²) in [6.07, 6.45) is 0. The number of nitrogens with zero attached hydrogens (tertiary/aromatic N) is 2. The van der Waals surface area contributed by atoms with Crippen molar-refractivity contribution in [3.63, 3.8) is 0 Å². The Hall–Kier alpha value is -2.89. The monoisotopic (exact) mass is 385 g/mol. The van der Waals surface area contributed by atoms with Gasteiger partial charge in [-0.3, -0.25) is 4.72 Å². The molecule has 3 rings (SSSR count). The fraction of sp³-hybridized carbons (Fsp3) is 0.111. The molecule has 0 spiro atoms. The second-order valence-corrected chi connectivity index (χ2v) is 8.13. The third-order valence-corrected chi connectivity index (χ3v) is 5.79. The molecule has 0 unspecified atom stereocenters. The molecule has 2 aromatic carbocycles. The molecule has 1 N–H and O–H groups in total. The van der Waals surface area contributed by atoms with Crippen LogP contribution >= 0.6 is 11.3 Å². The van der Waals surface area contributed by atoms with E-state index in [2.05, 4.69) is 9.71 Å². The van der Waals surface area contributed by atoms with Crippen LogP contribution in [0.5, 0.6) is 5.75 Å². The molecule has 1 aromatic heterocycles. The third kappa shape index (κ3) is 3.69. The van der Waals surface area contributed by atoms with Gasteiger partial charge >= 0.3 is 0 Å². The number of methoxy groups -OCH3 is 1. The molecule has 132 valence electrons. The van der Waals surface area contributed by atoms with Crippen LogP contribution in [0.1, 0.15) is 10.6 Å². The Morgan fingerprint density at radius 3 is 2.69 bits per heavy atom. The van der Waals surface area contributed by atoms with E-state index in [1.807, 2.05) is 18.4 Å². The van der Waals surface area contributed by atoms with Gasteiger partial charge in [-0.2, -0.15) is 5.26 Å². The van der Waals surface area contributed by atoms with Gasteiger partial charge in [0.2, 0.25) is 0 Å².